The van der Waals surface area contributed by atoms with Gasteiger partial charge in [0, 0.05) is 30.7 Å². The minimum atomic E-state index is 0.242. The molecule has 0 amide bonds. The highest BCUT2D eigenvalue weighted by atomic mass is 16.3. The molecule has 0 spiro atoms. The van der Waals surface area contributed by atoms with Gasteiger partial charge in [0.05, 0.1) is 6.26 Å². The van der Waals surface area contributed by atoms with Crippen LogP contribution in [0.2, 0.25) is 0 Å². The third-order valence-electron chi connectivity index (χ3n) is 3.39. The van der Waals surface area contributed by atoms with Crippen LogP contribution in [-0.2, 0) is 6.54 Å². The van der Waals surface area contributed by atoms with Gasteiger partial charge in [-0.1, -0.05) is 6.92 Å². The zero-order valence-corrected chi connectivity index (χ0v) is 11.8. The number of hydrogen-bond acceptors (Lipinski definition) is 3. The summed E-state index contributed by atoms with van der Waals surface area (Å²) in [6.45, 7) is 11.7. The molecule has 1 heterocycles. The van der Waals surface area contributed by atoms with E-state index in [9.17, 15) is 0 Å². The highest BCUT2D eigenvalue weighted by Crippen LogP contribution is 2.11. The molecule has 98 valence electrons. The van der Waals surface area contributed by atoms with Gasteiger partial charge in [0.15, 0.2) is 0 Å². The standard InChI is InChI=1S/C14H26N2O/c1-6-14(3,4)15-8-9-16(5)11-13-7-10-17-12(13)2/h7,10,15H,6,8-9,11H2,1-5H3. The van der Waals surface area contributed by atoms with Crippen molar-refractivity contribution >= 4 is 0 Å². The predicted octanol–water partition coefficient (Wildman–Crippen LogP) is 2.80. The Balaban J connectivity index is 2.27. The maximum Gasteiger partial charge on any atom is 0.105 e. The van der Waals surface area contributed by atoms with Crippen LogP contribution in [0.15, 0.2) is 16.7 Å². The third kappa shape index (κ3) is 4.92. The first-order valence-corrected chi connectivity index (χ1v) is 6.41. The summed E-state index contributed by atoms with van der Waals surface area (Å²) in [7, 11) is 2.15. The van der Waals surface area contributed by atoms with E-state index in [0.29, 0.717) is 0 Å². The lowest BCUT2D eigenvalue weighted by Gasteiger charge is -2.26. The van der Waals surface area contributed by atoms with Gasteiger partial charge in [-0.25, -0.2) is 0 Å². The molecule has 3 heteroatoms. The normalized spacial score (nSPS) is 12.4. The van der Waals surface area contributed by atoms with Gasteiger partial charge < -0.3 is 14.6 Å². The van der Waals surface area contributed by atoms with E-state index in [1.807, 2.05) is 6.92 Å². The first-order chi connectivity index (χ1) is 7.94. The predicted molar refractivity (Wildman–Crippen MR) is 72.2 cm³/mol. The zero-order chi connectivity index (χ0) is 12.9. The third-order valence-corrected chi connectivity index (χ3v) is 3.39. The number of hydrogen-bond donors (Lipinski definition) is 1. The molecule has 0 aliphatic rings. The molecule has 0 radical (unpaired) electrons. The lowest BCUT2D eigenvalue weighted by Crippen LogP contribution is -2.42. The summed E-state index contributed by atoms with van der Waals surface area (Å²) < 4.78 is 5.30. The number of rotatable bonds is 7. The van der Waals surface area contributed by atoms with Crippen molar-refractivity contribution in [2.75, 3.05) is 20.1 Å². The van der Waals surface area contributed by atoms with E-state index in [0.717, 1.165) is 31.8 Å². The fraction of sp³-hybridized carbons (Fsp3) is 0.714. The summed E-state index contributed by atoms with van der Waals surface area (Å²) in [5, 5.41) is 3.57. The Morgan fingerprint density at radius 1 is 1.41 bits per heavy atom. The van der Waals surface area contributed by atoms with E-state index >= 15 is 0 Å². The van der Waals surface area contributed by atoms with E-state index < -0.39 is 0 Å². The molecule has 17 heavy (non-hydrogen) atoms. The maximum atomic E-state index is 5.30. The Hall–Kier alpha value is -0.800. The summed E-state index contributed by atoms with van der Waals surface area (Å²) in [6.07, 6.45) is 2.91. The van der Waals surface area contributed by atoms with Gasteiger partial charge in [-0.15, -0.1) is 0 Å². The van der Waals surface area contributed by atoms with Crippen molar-refractivity contribution in [1.82, 2.24) is 10.2 Å². The summed E-state index contributed by atoms with van der Waals surface area (Å²) in [6, 6.07) is 2.05. The van der Waals surface area contributed by atoms with E-state index in [4.69, 9.17) is 4.42 Å². The van der Waals surface area contributed by atoms with Crippen molar-refractivity contribution in [3.8, 4) is 0 Å². The molecule has 0 saturated heterocycles. The van der Waals surface area contributed by atoms with Gasteiger partial charge in [0.25, 0.3) is 0 Å². The molecular formula is C14H26N2O. The van der Waals surface area contributed by atoms with Crippen molar-refractivity contribution < 1.29 is 4.42 Å². The van der Waals surface area contributed by atoms with E-state index in [1.54, 1.807) is 6.26 Å². The Bertz CT molecular complexity index is 331. The molecule has 0 aliphatic heterocycles. The fourth-order valence-electron chi connectivity index (χ4n) is 1.66. The molecule has 0 unspecified atom stereocenters. The summed E-state index contributed by atoms with van der Waals surface area (Å²) in [5.74, 6) is 1.03. The van der Waals surface area contributed by atoms with Crippen molar-refractivity contribution in [2.24, 2.45) is 0 Å². The van der Waals surface area contributed by atoms with Crippen molar-refractivity contribution in [3.05, 3.63) is 23.7 Å². The largest absolute Gasteiger partial charge is 0.469 e. The smallest absolute Gasteiger partial charge is 0.105 e. The van der Waals surface area contributed by atoms with Gasteiger partial charge in [-0.3, -0.25) is 0 Å². The highest BCUT2D eigenvalue weighted by molar-refractivity contribution is 5.14. The first kappa shape index (κ1) is 14.3. The molecular weight excluding hydrogens is 212 g/mol. The van der Waals surface area contributed by atoms with Crippen LogP contribution in [0.5, 0.6) is 0 Å². The van der Waals surface area contributed by atoms with Crippen molar-refractivity contribution in [3.63, 3.8) is 0 Å². The Labute approximate surface area is 105 Å². The van der Waals surface area contributed by atoms with Crippen LogP contribution in [0.1, 0.15) is 38.5 Å². The molecule has 1 aromatic heterocycles. The molecule has 0 aliphatic carbocycles. The van der Waals surface area contributed by atoms with Gasteiger partial charge in [0.2, 0.25) is 0 Å². The minimum absolute atomic E-state index is 0.242. The van der Waals surface area contributed by atoms with Crippen LogP contribution in [0, 0.1) is 6.92 Å². The van der Waals surface area contributed by atoms with Crippen LogP contribution in [0.4, 0.5) is 0 Å². The number of furan rings is 1. The average molecular weight is 238 g/mol. The summed E-state index contributed by atoms with van der Waals surface area (Å²) in [5.41, 5.74) is 1.52. The van der Waals surface area contributed by atoms with Gasteiger partial charge in [-0.2, -0.15) is 0 Å². The zero-order valence-electron chi connectivity index (χ0n) is 11.8. The van der Waals surface area contributed by atoms with Crippen molar-refractivity contribution in [2.45, 2.75) is 46.2 Å². The highest BCUT2D eigenvalue weighted by Gasteiger charge is 2.13. The summed E-state index contributed by atoms with van der Waals surface area (Å²) in [4.78, 5) is 2.32. The molecule has 1 N–H and O–H groups in total. The molecule has 0 aromatic carbocycles. The Morgan fingerprint density at radius 3 is 2.65 bits per heavy atom. The molecule has 0 saturated carbocycles. The Morgan fingerprint density at radius 2 is 2.12 bits per heavy atom. The first-order valence-electron chi connectivity index (χ1n) is 6.41. The van der Waals surface area contributed by atoms with Gasteiger partial charge >= 0.3 is 0 Å². The quantitative estimate of drug-likeness (QED) is 0.792. The lowest BCUT2D eigenvalue weighted by molar-refractivity contribution is 0.291. The average Bonchev–Trinajstić information content (AvgIpc) is 2.64. The topological polar surface area (TPSA) is 28.4 Å². The van der Waals surface area contributed by atoms with E-state index in [1.165, 1.54) is 5.56 Å². The van der Waals surface area contributed by atoms with E-state index in [-0.39, 0.29) is 5.54 Å². The van der Waals surface area contributed by atoms with Crippen LogP contribution >= 0.6 is 0 Å². The maximum absolute atomic E-state index is 5.30. The molecule has 1 rings (SSSR count). The number of aryl methyl sites for hydroxylation is 1. The Kier molecular flexibility index (Phi) is 5.22. The molecule has 0 bridgehead atoms. The number of likely N-dealkylation sites (N-methyl/N-ethyl adjacent to an activating group) is 1. The second kappa shape index (κ2) is 6.22. The van der Waals surface area contributed by atoms with Gasteiger partial charge in [0.1, 0.15) is 5.76 Å². The van der Waals surface area contributed by atoms with Crippen LogP contribution in [0.25, 0.3) is 0 Å². The molecule has 3 nitrogen and oxygen atoms in total. The number of nitrogens with one attached hydrogen (secondary N) is 1. The fourth-order valence-corrected chi connectivity index (χ4v) is 1.66. The SMILES string of the molecule is CCC(C)(C)NCCN(C)Cc1ccoc1C. The van der Waals surface area contributed by atoms with Gasteiger partial charge in [-0.05, 0) is 40.3 Å². The van der Waals surface area contributed by atoms with Crippen molar-refractivity contribution in [1.29, 1.82) is 0 Å². The minimum Gasteiger partial charge on any atom is -0.469 e. The molecule has 0 atom stereocenters. The lowest BCUT2D eigenvalue weighted by atomic mass is 10.0. The molecule has 1 aromatic rings. The van der Waals surface area contributed by atoms with Crippen LogP contribution < -0.4 is 5.32 Å². The molecule has 0 fully saturated rings. The second-order valence-electron chi connectivity index (χ2n) is 5.40. The van der Waals surface area contributed by atoms with Crippen LogP contribution in [-0.4, -0.2) is 30.6 Å². The second-order valence-corrected chi connectivity index (χ2v) is 5.40. The van der Waals surface area contributed by atoms with Crippen LogP contribution in [0.3, 0.4) is 0 Å². The van der Waals surface area contributed by atoms with E-state index in [2.05, 4.69) is 44.1 Å². The summed E-state index contributed by atoms with van der Waals surface area (Å²) >= 11 is 0. The number of nitrogens with zero attached hydrogens (tertiary/aromatic N) is 1. The monoisotopic (exact) mass is 238 g/mol.